The summed E-state index contributed by atoms with van der Waals surface area (Å²) in [7, 11) is 1.82. The highest BCUT2D eigenvalue weighted by Crippen LogP contribution is 2.47. The first-order valence-electron chi connectivity index (χ1n) is 20.1. The highest BCUT2D eigenvalue weighted by atomic mass is 17.2. The maximum absolute atomic E-state index is 13.7. The van der Waals surface area contributed by atoms with Crippen molar-refractivity contribution in [1.29, 1.82) is 0 Å². The molecule has 16 heteroatoms. The summed E-state index contributed by atoms with van der Waals surface area (Å²) in [5.41, 5.74) is 0.239. The number of nitrogens with zero attached hydrogens (tertiary/aromatic N) is 1. The van der Waals surface area contributed by atoms with Gasteiger partial charge in [0.25, 0.3) is 0 Å². The van der Waals surface area contributed by atoms with Gasteiger partial charge in [0.2, 0.25) is 5.91 Å². The summed E-state index contributed by atoms with van der Waals surface area (Å²) in [4.78, 5) is 41.4. The fraction of sp³-hybridized carbons (Fsp3) is 0.488. The number of aliphatic hydroxyl groups is 5. The number of phenols is 1. The molecule has 9 N–H and O–H groups in total. The van der Waals surface area contributed by atoms with Crippen molar-refractivity contribution < 1.29 is 54.4 Å². The Bertz CT molecular complexity index is 2320. The molecule has 318 valence electrons. The molecule has 2 aromatic carbocycles. The number of hydrogen-bond donors (Lipinski definition) is 9. The lowest BCUT2D eigenvalue weighted by atomic mass is 9.79. The number of rotatable bonds is 18. The van der Waals surface area contributed by atoms with Crippen LogP contribution in [0.2, 0.25) is 0 Å². The topological polar surface area (TPSA) is 241 Å². The molecule has 2 aliphatic heterocycles. The monoisotopic (exact) mass is 818 g/mol. The first-order chi connectivity index (χ1) is 28.3. The van der Waals surface area contributed by atoms with Crippen molar-refractivity contribution in [2.75, 3.05) is 33.4 Å². The summed E-state index contributed by atoms with van der Waals surface area (Å²) in [5, 5.41) is 71.1. The van der Waals surface area contributed by atoms with Crippen LogP contribution in [0.5, 0.6) is 11.5 Å². The lowest BCUT2D eigenvalue weighted by Crippen LogP contribution is -2.58. The van der Waals surface area contributed by atoms with E-state index in [4.69, 9.17) is 18.9 Å². The number of carbonyl (C=O) groups excluding carboxylic acids is 1. The lowest BCUT2D eigenvalue weighted by molar-refractivity contribution is -0.373. The Kier molecular flexibility index (Phi) is 12.5. The number of benzene rings is 2. The lowest BCUT2D eigenvalue weighted by Gasteiger charge is -2.45. The molecular weight excluding hydrogens is 764 g/mol. The predicted molar refractivity (Wildman–Crippen MR) is 216 cm³/mol. The molecule has 7 unspecified atom stereocenters. The van der Waals surface area contributed by atoms with Gasteiger partial charge in [0.1, 0.15) is 59.4 Å². The number of H-pyrrole nitrogens is 1. The average Bonchev–Trinajstić information content (AvgIpc) is 3.95. The van der Waals surface area contributed by atoms with Gasteiger partial charge in [-0.1, -0.05) is 19.1 Å². The highest BCUT2D eigenvalue weighted by Gasteiger charge is 2.49. The Morgan fingerprint density at radius 1 is 1.08 bits per heavy atom. The van der Waals surface area contributed by atoms with E-state index in [2.05, 4.69) is 22.5 Å². The van der Waals surface area contributed by atoms with Crippen LogP contribution in [-0.4, -0.2) is 115 Å². The van der Waals surface area contributed by atoms with E-state index < -0.39 is 48.8 Å². The quantitative estimate of drug-likeness (QED) is 0.0456. The number of fused-ring (bicyclic) bond motifs is 3. The Morgan fingerprint density at radius 3 is 2.56 bits per heavy atom. The Hall–Kier alpha value is -4.78. The molecule has 1 amide bonds. The molecule has 0 spiro atoms. The summed E-state index contributed by atoms with van der Waals surface area (Å²) in [6, 6.07) is 11.0. The summed E-state index contributed by atoms with van der Waals surface area (Å²) in [5.74, 6) is 0.906. The third-order valence-corrected chi connectivity index (χ3v) is 11.9. The van der Waals surface area contributed by atoms with Crippen LogP contribution in [-0.2, 0) is 33.8 Å². The number of aromatic hydroxyl groups is 1. The highest BCUT2D eigenvalue weighted by molar-refractivity contribution is 5.92. The van der Waals surface area contributed by atoms with Gasteiger partial charge in [-0.3, -0.25) is 9.59 Å². The average molecular weight is 819 g/mol. The summed E-state index contributed by atoms with van der Waals surface area (Å²) in [6.07, 6.45) is -0.552. The molecule has 7 atom stereocenters. The summed E-state index contributed by atoms with van der Waals surface area (Å²) < 4.78 is 15.7. The maximum Gasteiger partial charge on any atom is 0.220 e. The number of ether oxygens (including phenoxy) is 1. The molecule has 3 aromatic heterocycles. The fourth-order valence-corrected chi connectivity index (χ4v) is 8.59. The van der Waals surface area contributed by atoms with E-state index in [1.54, 1.807) is 13.0 Å². The maximum atomic E-state index is 13.7. The molecule has 0 aliphatic carbocycles. The zero-order valence-electron chi connectivity index (χ0n) is 33.4. The van der Waals surface area contributed by atoms with E-state index in [1.807, 2.05) is 30.1 Å². The molecule has 5 aromatic rings. The van der Waals surface area contributed by atoms with Gasteiger partial charge in [0, 0.05) is 67.3 Å². The van der Waals surface area contributed by atoms with Crippen LogP contribution >= 0.6 is 0 Å². The van der Waals surface area contributed by atoms with E-state index in [-0.39, 0.29) is 35.8 Å². The van der Waals surface area contributed by atoms with Crippen LogP contribution in [0.4, 0.5) is 0 Å². The molecule has 0 saturated carbocycles. The van der Waals surface area contributed by atoms with Gasteiger partial charge in [-0.25, -0.2) is 9.78 Å². The Morgan fingerprint density at radius 2 is 1.86 bits per heavy atom. The first kappa shape index (κ1) is 42.3. The van der Waals surface area contributed by atoms with Crippen molar-refractivity contribution >= 4 is 27.8 Å². The molecule has 1 saturated heterocycles. The number of phenolic OH excluding ortho intramolecular Hbond substituents is 1. The number of aliphatic hydroxyl groups excluding tert-OH is 4. The van der Waals surface area contributed by atoms with Crippen LogP contribution in [0.3, 0.4) is 0 Å². The number of aromatic amines is 1. The third kappa shape index (κ3) is 8.49. The smallest absolute Gasteiger partial charge is 0.220 e. The van der Waals surface area contributed by atoms with Gasteiger partial charge in [0.05, 0.1) is 17.5 Å². The summed E-state index contributed by atoms with van der Waals surface area (Å²) in [6.45, 7) is 3.18. The van der Waals surface area contributed by atoms with Gasteiger partial charge >= 0.3 is 0 Å². The van der Waals surface area contributed by atoms with Crippen LogP contribution < -0.4 is 20.8 Å². The van der Waals surface area contributed by atoms with Crippen LogP contribution in [0.15, 0.2) is 64.1 Å². The van der Waals surface area contributed by atoms with Gasteiger partial charge in [0.15, 0.2) is 16.8 Å². The number of amides is 1. The zero-order chi connectivity index (χ0) is 42.1. The van der Waals surface area contributed by atoms with Crippen molar-refractivity contribution in [3.05, 3.63) is 87.7 Å². The first-order valence-corrected chi connectivity index (χ1v) is 20.1. The van der Waals surface area contributed by atoms with Crippen LogP contribution in [0.1, 0.15) is 55.2 Å². The molecular formula is C43H54N4O12. The number of nitrogens with one attached hydrogen (secondary N) is 3. The van der Waals surface area contributed by atoms with Gasteiger partial charge in [-0.05, 0) is 75.5 Å². The SMILES string of the molecule is CCc1c2cc[nH]c2cn1-c1c2c(cc3c(=O)cc(C)oc13)CC(OOCC(O)(Cc1ccc(O)cc1)C(O)C(O)C(O)CO)C(CCNC)(CCC1CNC(=O)C1)O2. The molecule has 59 heavy (non-hydrogen) atoms. The Balaban J connectivity index is 1.32. The van der Waals surface area contributed by atoms with Crippen molar-refractivity contribution in [3.8, 4) is 17.2 Å². The van der Waals surface area contributed by atoms with Gasteiger partial charge in [-0.2, -0.15) is 0 Å². The zero-order valence-corrected chi connectivity index (χ0v) is 33.4. The molecule has 2 aliphatic rings. The van der Waals surface area contributed by atoms with Crippen molar-refractivity contribution in [2.24, 2.45) is 5.92 Å². The van der Waals surface area contributed by atoms with Crippen molar-refractivity contribution in [2.45, 2.75) is 94.4 Å². The van der Waals surface area contributed by atoms with Gasteiger partial charge < -0.3 is 60.0 Å². The van der Waals surface area contributed by atoms with E-state index in [0.717, 1.165) is 16.6 Å². The van der Waals surface area contributed by atoms with Crippen LogP contribution in [0.25, 0.3) is 27.6 Å². The Labute approximate surface area is 340 Å². The second-order valence-corrected chi connectivity index (χ2v) is 16.0. The largest absolute Gasteiger partial charge is 0.508 e. The van der Waals surface area contributed by atoms with Crippen LogP contribution in [0, 0.1) is 12.8 Å². The molecule has 5 heterocycles. The summed E-state index contributed by atoms with van der Waals surface area (Å²) >= 11 is 0. The predicted octanol–water partition coefficient (Wildman–Crippen LogP) is 2.21. The normalized spacial score (nSPS) is 21.9. The molecule has 0 radical (unpaired) electrons. The number of aromatic nitrogens is 2. The number of aryl methyl sites for hydroxylation is 2. The van der Waals surface area contributed by atoms with Gasteiger partial charge in [-0.15, -0.1) is 0 Å². The number of hydrogen-bond acceptors (Lipinski definition) is 13. The van der Waals surface area contributed by atoms with Crippen molar-refractivity contribution in [1.82, 2.24) is 20.2 Å². The van der Waals surface area contributed by atoms with Crippen molar-refractivity contribution in [3.63, 3.8) is 0 Å². The minimum Gasteiger partial charge on any atom is -0.508 e. The minimum absolute atomic E-state index is 0.0226. The van der Waals surface area contributed by atoms with E-state index in [1.165, 1.54) is 30.3 Å². The van der Waals surface area contributed by atoms with E-state index in [0.29, 0.717) is 84.5 Å². The van der Waals surface area contributed by atoms with E-state index >= 15 is 0 Å². The minimum atomic E-state index is -2.28. The second-order valence-electron chi connectivity index (χ2n) is 16.0. The molecule has 16 nitrogen and oxygen atoms in total. The van der Waals surface area contributed by atoms with E-state index in [9.17, 15) is 40.2 Å². The standard InChI is InChI=1S/C43H54N4O12/c1-4-32-29-10-13-45-31(29)21-47(32)37-39-27(17-30-33(50)15-24(2)57-40(30)37)18-35(43(58-39,12-14-44-3)11-9-26-16-36(52)46-20-26)59-56-23-42(55,41(54)38(53)34(51)22-48)19-25-5-7-28(49)8-6-25/h5-8,10,13,15,17,21,26,34-35,38,41,44-45,48-49,51,53-55H,4,9,11-12,14,16,18-20,22-23H2,1-3H3,(H,46,52). The third-order valence-electron chi connectivity index (χ3n) is 11.9. The number of carbonyl (C=O) groups is 1. The fourth-order valence-electron chi connectivity index (χ4n) is 8.59. The molecule has 7 rings (SSSR count). The second kappa shape index (κ2) is 17.4. The molecule has 1 fully saturated rings. The molecule has 0 bridgehead atoms.